The maximum Gasteiger partial charge on any atom is 0.337 e. The summed E-state index contributed by atoms with van der Waals surface area (Å²) in [4.78, 5) is 17.6. The van der Waals surface area contributed by atoms with Crippen LogP contribution in [0.15, 0.2) is 12.1 Å². The van der Waals surface area contributed by atoms with E-state index in [1.807, 2.05) is 17.8 Å². The molecule has 0 atom stereocenters. The Morgan fingerprint density at radius 3 is 2.61 bits per heavy atom. The molecule has 4 nitrogen and oxygen atoms in total. The third kappa shape index (κ3) is 2.77. The van der Waals surface area contributed by atoms with Crippen molar-refractivity contribution >= 4 is 23.5 Å². The molecule has 0 bridgehead atoms. The van der Waals surface area contributed by atoms with E-state index in [1.54, 1.807) is 13.0 Å². The van der Waals surface area contributed by atoms with Crippen molar-refractivity contribution in [3.63, 3.8) is 0 Å². The number of carbonyl (C=O) groups is 1. The van der Waals surface area contributed by atoms with Crippen LogP contribution in [0.4, 0.5) is 5.82 Å². The zero-order valence-corrected chi connectivity index (χ0v) is 11.5. The number of thioether (sulfide) groups is 1. The summed E-state index contributed by atoms with van der Waals surface area (Å²) in [6.45, 7) is 3.76. The normalized spacial score (nSPS) is 16.9. The Labute approximate surface area is 111 Å². The summed E-state index contributed by atoms with van der Waals surface area (Å²) in [5, 5.41) is 9.73. The van der Waals surface area contributed by atoms with Gasteiger partial charge in [0, 0.05) is 18.3 Å². The lowest BCUT2D eigenvalue weighted by atomic mass is 10.1. The summed E-state index contributed by atoms with van der Waals surface area (Å²) in [5.41, 5.74) is 0.879. The van der Waals surface area contributed by atoms with Gasteiger partial charge in [0.25, 0.3) is 0 Å². The topological polar surface area (TPSA) is 53.4 Å². The van der Waals surface area contributed by atoms with E-state index in [-0.39, 0.29) is 5.56 Å². The molecule has 0 aromatic carbocycles. The van der Waals surface area contributed by atoms with Gasteiger partial charge >= 0.3 is 5.97 Å². The van der Waals surface area contributed by atoms with Crippen molar-refractivity contribution in [2.24, 2.45) is 0 Å². The van der Waals surface area contributed by atoms with Gasteiger partial charge in [0.2, 0.25) is 0 Å². The van der Waals surface area contributed by atoms with Gasteiger partial charge in [-0.25, -0.2) is 9.78 Å². The fourth-order valence-electron chi connectivity index (χ4n) is 2.27. The molecule has 1 aromatic heterocycles. The number of aryl methyl sites for hydroxylation is 1. The van der Waals surface area contributed by atoms with Crippen molar-refractivity contribution in [3.8, 4) is 0 Å². The maximum atomic E-state index is 10.9. The van der Waals surface area contributed by atoms with Crippen molar-refractivity contribution in [3.05, 3.63) is 23.4 Å². The van der Waals surface area contributed by atoms with Crippen LogP contribution in [0.3, 0.4) is 0 Å². The molecule has 1 aliphatic rings. The number of hydrogen-bond acceptors (Lipinski definition) is 4. The van der Waals surface area contributed by atoms with Crippen LogP contribution in [-0.2, 0) is 0 Å². The number of hydrogen-bond donors (Lipinski definition) is 1. The number of piperidine rings is 1. The smallest absolute Gasteiger partial charge is 0.337 e. The van der Waals surface area contributed by atoms with E-state index in [2.05, 4.69) is 16.1 Å². The fraction of sp³-hybridized carbons (Fsp3) is 0.538. The van der Waals surface area contributed by atoms with Gasteiger partial charge in [-0.3, -0.25) is 0 Å². The van der Waals surface area contributed by atoms with Gasteiger partial charge in [-0.15, -0.1) is 0 Å². The first-order valence-electron chi connectivity index (χ1n) is 6.10. The highest BCUT2D eigenvalue weighted by atomic mass is 32.2. The molecule has 1 aromatic rings. The van der Waals surface area contributed by atoms with Crippen LogP contribution in [0.2, 0.25) is 0 Å². The van der Waals surface area contributed by atoms with E-state index >= 15 is 0 Å². The van der Waals surface area contributed by atoms with Crippen LogP contribution in [0.5, 0.6) is 0 Å². The van der Waals surface area contributed by atoms with Crippen LogP contribution >= 0.6 is 11.8 Å². The average molecular weight is 266 g/mol. The molecule has 2 heterocycles. The zero-order chi connectivity index (χ0) is 13.1. The Morgan fingerprint density at radius 1 is 1.44 bits per heavy atom. The summed E-state index contributed by atoms with van der Waals surface area (Å²) in [5.74, 6) is -0.00954. The SMILES string of the molecule is CSC1CCN(c2ccc(C(=O)O)c(C)n2)CC1. The number of rotatable bonds is 3. The molecule has 1 aliphatic heterocycles. The lowest BCUT2D eigenvalue weighted by Gasteiger charge is -2.32. The molecule has 0 spiro atoms. The summed E-state index contributed by atoms with van der Waals surface area (Å²) in [6, 6.07) is 3.47. The molecular formula is C13H18N2O2S. The van der Waals surface area contributed by atoms with E-state index in [9.17, 15) is 4.79 Å². The van der Waals surface area contributed by atoms with E-state index in [0.29, 0.717) is 5.69 Å². The quantitative estimate of drug-likeness (QED) is 0.910. The molecule has 1 saturated heterocycles. The molecule has 18 heavy (non-hydrogen) atoms. The first kappa shape index (κ1) is 13.2. The van der Waals surface area contributed by atoms with Gasteiger partial charge in [-0.1, -0.05) is 0 Å². The summed E-state index contributed by atoms with van der Waals surface area (Å²) in [6.07, 6.45) is 4.50. The summed E-state index contributed by atoms with van der Waals surface area (Å²) >= 11 is 1.93. The van der Waals surface area contributed by atoms with Gasteiger partial charge in [0.1, 0.15) is 5.82 Å². The largest absolute Gasteiger partial charge is 0.478 e. The predicted molar refractivity (Wildman–Crippen MR) is 74.7 cm³/mol. The number of carboxylic acid groups (broad SMARTS) is 1. The second-order valence-corrected chi connectivity index (χ2v) is 5.67. The molecule has 0 saturated carbocycles. The van der Waals surface area contributed by atoms with Crippen LogP contribution in [-0.4, -0.2) is 40.7 Å². The van der Waals surface area contributed by atoms with Crippen molar-refractivity contribution in [1.82, 2.24) is 4.98 Å². The molecular weight excluding hydrogens is 248 g/mol. The minimum atomic E-state index is -0.910. The van der Waals surface area contributed by atoms with E-state index in [0.717, 1.165) is 24.2 Å². The minimum absolute atomic E-state index is 0.290. The molecule has 2 rings (SSSR count). The number of anilines is 1. The molecule has 98 valence electrons. The summed E-state index contributed by atoms with van der Waals surface area (Å²) in [7, 11) is 0. The van der Waals surface area contributed by atoms with Crippen LogP contribution < -0.4 is 4.90 Å². The molecule has 0 radical (unpaired) electrons. The highest BCUT2D eigenvalue weighted by molar-refractivity contribution is 7.99. The van der Waals surface area contributed by atoms with E-state index in [1.165, 1.54) is 12.8 Å². The summed E-state index contributed by atoms with van der Waals surface area (Å²) < 4.78 is 0. The van der Waals surface area contributed by atoms with Gasteiger partial charge in [0.05, 0.1) is 11.3 Å². The lowest BCUT2D eigenvalue weighted by Crippen LogP contribution is -2.35. The number of aromatic carboxylic acids is 1. The Hall–Kier alpha value is -1.23. The molecule has 5 heteroatoms. The lowest BCUT2D eigenvalue weighted by molar-refractivity contribution is 0.0695. The number of aromatic nitrogens is 1. The molecule has 1 N–H and O–H groups in total. The van der Waals surface area contributed by atoms with E-state index < -0.39 is 5.97 Å². The highest BCUT2D eigenvalue weighted by Crippen LogP contribution is 2.24. The van der Waals surface area contributed by atoms with Crippen molar-refractivity contribution in [2.75, 3.05) is 24.2 Å². The van der Waals surface area contributed by atoms with Crippen LogP contribution in [0.25, 0.3) is 0 Å². The highest BCUT2D eigenvalue weighted by Gasteiger charge is 2.20. The predicted octanol–water partition coefficient (Wildman–Crippen LogP) is 2.42. The second kappa shape index (κ2) is 5.61. The maximum absolute atomic E-state index is 10.9. The minimum Gasteiger partial charge on any atom is -0.478 e. The molecule has 0 aliphatic carbocycles. The Kier molecular flexibility index (Phi) is 4.11. The third-order valence-electron chi connectivity index (χ3n) is 3.40. The van der Waals surface area contributed by atoms with Crippen LogP contribution in [0, 0.1) is 6.92 Å². The third-order valence-corrected chi connectivity index (χ3v) is 4.54. The first-order chi connectivity index (χ1) is 8.61. The monoisotopic (exact) mass is 266 g/mol. The van der Waals surface area contributed by atoms with Crippen LogP contribution in [0.1, 0.15) is 28.9 Å². The van der Waals surface area contributed by atoms with Gasteiger partial charge in [-0.05, 0) is 38.2 Å². The number of nitrogens with zero attached hydrogens (tertiary/aromatic N) is 2. The molecule has 0 unspecified atom stereocenters. The number of pyridine rings is 1. The molecule has 0 amide bonds. The van der Waals surface area contributed by atoms with E-state index in [4.69, 9.17) is 5.11 Å². The van der Waals surface area contributed by atoms with Gasteiger partial charge < -0.3 is 10.0 Å². The Morgan fingerprint density at radius 2 is 2.11 bits per heavy atom. The van der Waals surface area contributed by atoms with Crippen molar-refractivity contribution in [2.45, 2.75) is 25.0 Å². The average Bonchev–Trinajstić information content (AvgIpc) is 2.38. The second-order valence-electron chi connectivity index (χ2n) is 4.53. The fourth-order valence-corrected chi connectivity index (χ4v) is 2.95. The van der Waals surface area contributed by atoms with Gasteiger partial charge in [-0.2, -0.15) is 11.8 Å². The van der Waals surface area contributed by atoms with Crippen molar-refractivity contribution in [1.29, 1.82) is 0 Å². The Bertz CT molecular complexity index is 443. The zero-order valence-electron chi connectivity index (χ0n) is 10.7. The van der Waals surface area contributed by atoms with Gasteiger partial charge in [0.15, 0.2) is 0 Å². The first-order valence-corrected chi connectivity index (χ1v) is 7.39. The standard InChI is InChI=1S/C13H18N2O2S/c1-9-11(13(16)17)3-4-12(14-9)15-7-5-10(18-2)6-8-15/h3-4,10H,5-8H2,1-2H3,(H,16,17). The Balaban J connectivity index is 2.11. The number of carboxylic acids is 1. The van der Waals surface area contributed by atoms with Crippen molar-refractivity contribution < 1.29 is 9.90 Å². The molecule has 1 fully saturated rings.